The number of amides is 2. The van der Waals surface area contributed by atoms with Crippen LogP contribution in [0.5, 0.6) is 0 Å². The molecule has 0 radical (unpaired) electrons. The Labute approximate surface area is 156 Å². The summed E-state index contributed by atoms with van der Waals surface area (Å²) < 4.78 is 5.87. The molecular weight excluding hydrogens is 352 g/mol. The molecule has 26 heavy (non-hydrogen) atoms. The molecule has 2 fully saturated rings. The van der Waals surface area contributed by atoms with Gasteiger partial charge in [0, 0.05) is 31.2 Å². The minimum atomic E-state index is -0.224. The van der Waals surface area contributed by atoms with Gasteiger partial charge in [-0.05, 0) is 18.9 Å². The zero-order valence-electron chi connectivity index (χ0n) is 14.5. The number of carbonyl (C=O) groups excluding carboxylic acids is 1. The number of anilines is 1. The molecule has 2 amide bonds. The van der Waals surface area contributed by atoms with E-state index in [2.05, 4.69) is 25.2 Å². The monoisotopic (exact) mass is 374 g/mol. The summed E-state index contributed by atoms with van der Waals surface area (Å²) in [7, 11) is 0. The Kier molecular flexibility index (Phi) is 5.26. The van der Waals surface area contributed by atoms with Crippen LogP contribution in [0.15, 0.2) is 23.2 Å². The highest BCUT2D eigenvalue weighted by Gasteiger charge is 2.27. The van der Waals surface area contributed by atoms with E-state index in [0.717, 1.165) is 30.4 Å². The maximum absolute atomic E-state index is 12.4. The van der Waals surface area contributed by atoms with E-state index in [1.807, 2.05) is 11.4 Å². The van der Waals surface area contributed by atoms with Crippen LogP contribution in [0.2, 0.25) is 0 Å². The first-order valence-electron chi connectivity index (χ1n) is 8.89. The summed E-state index contributed by atoms with van der Waals surface area (Å²) in [6.07, 6.45) is 3.92. The van der Waals surface area contributed by atoms with Gasteiger partial charge in [-0.15, -0.1) is 11.3 Å². The molecule has 2 aliphatic heterocycles. The van der Waals surface area contributed by atoms with Gasteiger partial charge in [-0.2, -0.15) is 0 Å². The van der Waals surface area contributed by atoms with Crippen molar-refractivity contribution in [2.45, 2.75) is 25.5 Å². The molecule has 0 bridgehead atoms. The Morgan fingerprint density at radius 3 is 3.00 bits per heavy atom. The van der Waals surface area contributed by atoms with Crippen LogP contribution in [-0.2, 0) is 11.3 Å². The average Bonchev–Trinajstić information content (AvgIpc) is 3.40. The molecule has 0 saturated carbocycles. The molecule has 0 aliphatic carbocycles. The van der Waals surface area contributed by atoms with Crippen LogP contribution in [0, 0.1) is 0 Å². The maximum Gasteiger partial charge on any atom is 0.317 e. The van der Waals surface area contributed by atoms with Gasteiger partial charge in [0.25, 0.3) is 0 Å². The number of ether oxygens (including phenoxy) is 1. The van der Waals surface area contributed by atoms with Crippen molar-refractivity contribution in [3.63, 3.8) is 0 Å². The topological polar surface area (TPSA) is 83.5 Å². The fourth-order valence-electron chi connectivity index (χ4n) is 3.23. The number of aromatic nitrogens is 3. The van der Waals surface area contributed by atoms with Crippen LogP contribution in [0.1, 0.15) is 30.3 Å². The normalized spacial score (nSPS) is 20.4. The third-order valence-corrected chi connectivity index (χ3v) is 5.28. The van der Waals surface area contributed by atoms with E-state index in [9.17, 15) is 4.79 Å². The van der Waals surface area contributed by atoms with Crippen molar-refractivity contribution in [3.8, 4) is 0 Å². The molecule has 2 aromatic rings. The van der Waals surface area contributed by atoms with E-state index >= 15 is 0 Å². The minimum absolute atomic E-state index is 0.0971. The van der Waals surface area contributed by atoms with Gasteiger partial charge >= 0.3 is 6.03 Å². The second-order valence-electron chi connectivity index (χ2n) is 6.42. The van der Waals surface area contributed by atoms with Crippen molar-refractivity contribution in [2.75, 3.05) is 37.7 Å². The summed E-state index contributed by atoms with van der Waals surface area (Å²) in [5.41, 5.74) is 3.47. The molecule has 9 heteroatoms. The molecule has 0 aromatic carbocycles. The standard InChI is InChI=1S/C17H22N6O2S/c24-17(19-9-13-11-26-12-20-13)23-7-8-25-15(10-23)14-3-4-18-16(21-14)22-5-1-2-6-22/h3-4,11-12,15H,1-2,5-10H2,(H,19,24). The van der Waals surface area contributed by atoms with Gasteiger partial charge < -0.3 is 19.9 Å². The number of hydrogen-bond acceptors (Lipinski definition) is 7. The fraction of sp³-hybridized carbons (Fsp3) is 0.529. The predicted molar refractivity (Wildman–Crippen MR) is 98.1 cm³/mol. The van der Waals surface area contributed by atoms with Crippen LogP contribution >= 0.6 is 11.3 Å². The summed E-state index contributed by atoms with van der Waals surface area (Å²) >= 11 is 1.52. The number of hydrogen-bond donors (Lipinski definition) is 1. The van der Waals surface area contributed by atoms with Crippen LogP contribution < -0.4 is 10.2 Å². The van der Waals surface area contributed by atoms with Crippen molar-refractivity contribution in [1.29, 1.82) is 0 Å². The highest BCUT2D eigenvalue weighted by Crippen LogP contribution is 2.23. The SMILES string of the molecule is O=C(NCc1cscn1)N1CCOC(c2ccnc(N3CCCC3)n2)C1. The molecule has 1 atom stereocenters. The highest BCUT2D eigenvalue weighted by molar-refractivity contribution is 7.07. The molecule has 4 heterocycles. The van der Waals surface area contributed by atoms with Gasteiger partial charge in [0.05, 0.1) is 36.6 Å². The summed E-state index contributed by atoms with van der Waals surface area (Å²) in [6, 6.07) is 1.78. The molecule has 2 saturated heterocycles. The Morgan fingerprint density at radius 2 is 2.19 bits per heavy atom. The molecule has 0 spiro atoms. The van der Waals surface area contributed by atoms with Crippen LogP contribution in [0.3, 0.4) is 0 Å². The molecule has 2 aliphatic rings. The molecule has 4 rings (SSSR count). The van der Waals surface area contributed by atoms with E-state index in [4.69, 9.17) is 4.74 Å². The lowest BCUT2D eigenvalue weighted by Crippen LogP contribution is -2.47. The van der Waals surface area contributed by atoms with Crippen LogP contribution in [0.25, 0.3) is 0 Å². The number of rotatable bonds is 4. The van der Waals surface area contributed by atoms with Crippen molar-refractivity contribution < 1.29 is 9.53 Å². The van der Waals surface area contributed by atoms with Crippen LogP contribution in [-0.4, -0.2) is 58.7 Å². The first kappa shape index (κ1) is 17.2. The summed E-state index contributed by atoms with van der Waals surface area (Å²) in [5.74, 6) is 0.758. The third kappa shape index (κ3) is 3.94. The van der Waals surface area contributed by atoms with E-state index in [1.165, 1.54) is 24.2 Å². The van der Waals surface area contributed by atoms with Crippen LogP contribution in [0.4, 0.5) is 10.7 Å². The van der Waals surface area contributed by atoms with Crippen molar-refractivity contribution >= 4 is 23.3 Å². The number of nitrogens with one attached hydrogen (secondary N) is 1. The van der Waals surface area contributed by atoms with Crippen molar-refractivity contribution in [3.05, 3.63) is 34.5 Å². The lowest BCUT2D eigenvalue weighted by Gasteiger charge is -2.32. The van der Waals surface area contributed by atoms with Gasteiger partial charge in [-0.25, -0.2) is 19.7 Å². The second-order valence-corrected chi connectivity index (χ2v) is 7.14. The first-order chi connectivity index (χ1) is 12.8. The lowest BCUT2D eigenvalue weighted by atomic mass is 10.2. The smallest absolute Gasteiger partial charge is 0.317 e. The minimum Gasteiger partial charge on any atom is -0.368 e. The zero-order valence-corrected chi connectivity index (χ0v) is 15.3. The van der Waals surface area contributed by atoms with Gasteiger partial charge in [0.1, 0.15) is 6.10 Å². The fourth-order valence-corrected chi connectivity index (χ4v) is 3.78. The van der Waals surface area contributed by atoms with E-state index in [1.54, 1.807) is 16.6 Å². The molecule has 138 valence electrons. The lowest BCUT2D eigenvalue weighted by molar-refractivity contribution is -0.0176. The van der Waals surface area contributed by atoms with Crippen molar-refractivity contribution in [2.24, 2.45) is 0 Å². The Balaban J connectivity index is 1.38. The summed E-state index contributed by atoms with van der Waals surface area (Å²) in [5, 5.41) is 4.85. The van der Waals surface area contributed by atoms with Gasteiger partial charge in [0.15, 0.2) is 0 Å². The van der Waals surface area contributed by atoms with Gasteiger partial charge in [-0.1, -0.05) is 0 Å². The Morgan fingerprint density at radius 1 is 1.31 bits per heavy atom. The molecule has 8 nitrogen and oxygen atoms in total. The number of morpholine rings is 1. The maximum atomic E-state index is 12.4. The quantitative estimate of drug-likeness (QED) is 0.879. The first-order valence-corrected chi connectivity index (χ1v) is 9.83. The van der Waals surface area contributed by atoms with Gasteiger partial charge in [0.2, 0.25) is 5.95 Å². The molecule has 1 N–H and O–H groups in total. The summed E-state index contributed by atoms with van der Waals surface area (Å²) in [4.78, 5) is 29.7. The Hall–Kier alpha value is -2.26. The number of carbonyl (C=O) groups is 1. The number of thiazole rings is 1. The molecule has 2 aromatic heterocycles. The molecule has 1 unspecified atom stereocenters. The Bertz CT molecular complexity index is 735. The predicted octanol–water partition coefficient (Wildman–Crippen LogP) is 1.82. The summed E-state index contributed by atoms with van der Waals surface area (Å²) in [6.45, 7) is 4.00. The van der Waals surface area contributed by atoms with Gasteiger partial charge in [-0.3, -0.25) is 0 Å². The number of nitrogens with zero attached hydrogens (tertiary/aromatic N) is 5. The number of urea groups is 1. The third-order valence-electron chi connectivity index (χ3n) is 4.64. The average molecular weight is 374 g/mol. The van der Waals surface area contributed by atoms with E-state index in [-0.39, 0.29) is 12.1 Å². The zero-order chi connectivity index (χ0) is 17.8. The highest BCUT2D eigenvalue weighted by atomic mass is 32.1. The second kappa shape index (κ2) is 7.96. The van der Waals surface area contributed by atoms with Crippen molar-refractivity contribution in [1.82, 2.24) is 25.2 Å². The molecular formula is C17H22N6O2S. The van der Waals surface area contributed by atoms with E-state index in [0.29, 0.717) is 26.2 Å². The largest absolute Gasteiger partial charge is 0.368 e. The van der Waals surface area contributed by atoms with E-state index < -0.39 is 0 Å².